The summed E-state index contributed by atoms with van der Waals surface area (Å²) in [5.74, 6) is 0.624. The van der Waals surface area contributed by atoms with E-state index in [4.69, 9.17) is 9.15 Å². The average molecular weight is 354 g/mol. The van der Waals surface area contributed by atoms with Crippen LogP contribution in [0.15, 0.2) is 26.3 Å². The first-order chi connectivity index (χ1) is 11.4. The zero-order valence-electron chi connectivity index (χ0n) is 14.3. The van der Waals surface area contributed by atoms with Gasteiger partial charge in [0, 0.05) is 18.7 Å². The Labute approximate surface area is 144 Å². The van der Waals surface area contributed by atoms with Crippen molar-refractivity contribution in [2.75, 3.05) is 12.9 Å². The van der Waals surface area contributed by atoms with Gasteiger partial charge < -0.3 is 14.5 Å². The zero-order chi connectivity index (χ0) is 18.1. The summed E-state index contributed by atoms with van der Waals surface area (Å²) in [6.07, 6.45) is 1.25. The van der Waals surface area contributed by atoms with Gasteiger partial charge in [-0.2, -0.15) is 0 Å². The summed E-state index contributed by atoms with van der Waals surface area (Å²) in [6.45, 7) is 5.72. The maximum Gasteiger partial charge on any atom is 0.339 e. The number of nitrogens with one attached hydrogen (secondary N) is 1. The second kappa shape index (κ2) is 9.92. The van der Waals surface area contributed by atoms with Crippen LogP contribution in [0.25, 0.3) is 0 Å². The van der Waals surface area contributed by atoms with E-state index >= 15 is 0 Å². The smallest absolute Gasteiger partial charge is 0.339 e. The molecule has 0 saturated heterocycles. The van der Waals surface area contributed by atoms with E-state index < -0.39 is 11.7 Å². The highest BCUT2D eigenvalue weighted by atomic mass is 32.2. The lowest BCUT2D eigenvalue weighted by Crippen LogP contribution is -2.33. The topological polar surface area (TPSA) is 98.0 Å². The molecular formula is C16H22N2O5S. The molecule has 1 aromatic heterocycles. The Morgan fingerprint density at radius 3 is 2.62 bits per heavy atom. The number of Topliss-reactive ketones (excluding diaryl/α,β-unsaturated/α-hetero) is 1. The fourth-order valence-corrected chi connectivity index (χ4v) is 2.65. The highest BCUT2D eigenvalue weighted by Crippen LogP contribution is 2.19. The summed E-state index contributed by atoms with van der Waals surface area (Å²) in [5.41, 5.74) is -0.549. The van der Waals surface area contributed by atoms with Gasteiger partial charge in [0.1, 0.15) is 22.6 Å². The molecule has 1 aliphatic rings. The molecule has 0 bridgehead atoms. The molecule has 1 aromatic rings. The molecule has 1 unspecified atom stereocenters. The number of amides is 1. The zero-order valence-corrected chi connectivity index (χ0v) is 15.1. The van der Waals surface area contributed by atoms with E-state index in [0.29, 0.717) is 16.5 Å². The second-order valence-corrected chi connectivity index (χ2v) is 6.03. The molecule has 7 nitrogen and oxygen atoms in total. The maximum absolute atomic E-state index is 11.9. The van der Waals surface area contributed by atoms with Gasteiger partial charge in [0.05, 0.1) is 19.7 Å². The van der Waals surface area contributed by atoms with E-state index in [2.05, 4.69) is 24.2 Å². The Bertz CT molecular complexity index is 669. The number of methoxy groups -OCH3 is 1. The normalized spacial score (nSPS) is 15.8. The van der Waals surface area contributed by atoms with E-state index in [0.717, 1.165) is 0 Å². The molecule has 1 aliphatic heterocycles. The van der Waals surface area contributed by atoms with Crippen LogP contribution in [-0.2, 0) is 16.1 Å². The Morgan fingerprint density at radius 1 is 1.42 bits per heavy atom. The molecule has 1 N–H and O–H groups in total. The van der Waals surface area contributed by atoms with Crippen LogP contribution in [0.1, 0.15) is 33.0 Å². The van der Waals surface area contributed by atoms with Crippen LogP contribution in [-0.4, -0.2) is 35.6 Å². The van der Waals surface area contributed by atoms with E-state index in [1.165, 1.54) is 44.3 Å². The van der Waals surface area contributed by atoms with E-state index in [1.807, 2.05) is 0 Å². The number of ketones is 1. The molecule has 2 heterocycles. The van der Waals surface area contributed by atoms with Gasteiger partial charge in [-0.05, 0) is 0 Å². The van der Waals surface area contributed by atoms with Crippen molar-refractivity contribution < 1.29 is 18.7 Å². The standard InChI is InChI=1S/C13H14N2O5S.C3H8/c1-7(16)13-15-10(6-21-13)12(18)14-5-9-3-8(19-2)4-11(17)20-9;1-3-2/h3-4,10H,5-6H2,1-2H3,(H,14,18);3H2,1-2H3. The Kier molecular flexibility index (Phi) is 8.25. The van der Waals surface area contributed by atoms with Crippen molar-refractivity contribution in [2.45, 2.75) is 39.8 Å². The second-order valence-electron chi connectivity index (χ2n) is 5.02. The number of thioether (sulfide) groups is 1. The van der Waals surface area contributed by atoms with Crippen molar-refractivity contribution in [1.82, 2.24) is 5.32 Å². The van der Waals surface area contributed by atoms with Gasteiger partial charge in [-0.3, -0.25) is 14.6 Å². The van der Waals surface area contributed by atoms with E-state index in [-0.39, 0.29) is 24.0 Å². The fraction of sp³-hybridized carbons (Fsp3) is 0.500. The van der Waals surface area contributed by atoms with Crippen LogP contribution in [0.5, 0.6) is 5.75 Å². The summed E-state index contributed by atoms with van der Waals surface area (Å²) in [4.78, 5) is 38.4. The van der Waals surface area contributed by atoms with Gasteiger partial charge in [0.2, 0.25) is 5.91 Å². The molecule has 1 atom stereocenters. The Balaban J connectivity index is 0.000000891. The highest BCUT2D eigenvalue weighted by Gasteiger charge is 2.26. The van der Waals surface area contributed by atoms with Crippen molar-refractivity contribution >= 4 is 28.5 Å². The van der Waals surface area contributed by atoms with Gasteiger partial charge in [-0.15, -0.1) is 11.8 Å². The lowest BCUT2D eigenvalue weighted by Gasteiger charge is -2.08. The lowest BCUT2D eigenvalue weighted by molar-refractivity contribution is -0.122. The molecule has 2 rings (SSSR count). The monoisotopic (exact) mass is 354 g/mol. The van der Waals surface area contributed by atoms with Crippen LogP contribution in [0.3, 0.4) is 0 Å². The molecule has 8 heteroatoms. The summed E-state index contributed by atoms with van der Waals surface area (Å²) >= 11 is 1.26. The predicted molar refractivity (Wildman–Crippen MR) is 93.7 cm³/mol. The number of rotatable bonds is 5. The minimum absolute atomic E-state index is 0.0529. The number of carbonyl (C=O) groups is 2. The first kappa shape index (κ1) is 20.0. The van der Waals surface area contributed by atoms with Gasteiger partial charge >= 0.3 is 5.63 Å². The van der Waals surface area contributed by atoms with Crippen molar-refractivity contribution in [1.29, 1.82) is 0 Å². The number of aliphatic imine (C=N–C) groups is 1. The third kappa shape index (κ3) is 6.19. The number of ether oxygens (including phenoxy) is 1. The first-order valence-corrected chi connectivity index (χ1v) is 8.57. The number of nitrogens with zero attached hydrogens (tertiary/aromatic N) is 1. The predicted octanol–water partition coefficient (Wildman–Crippen LogP) is 1.78. The number of carbonyl (C=O) groups excluding carboxylic acids is 2. The molecule has 0 radical (unpaired) electrons. The van der Waals surface area contributed by atoms with E-state index in [1.54, 1.807) is 0 Å². The van der Waals surface area contributed by atoms with Crippen molar-refractivity contribution in [3.63, 3.8) is 0 Å². The minimum Gasteiger partial charge on any atom is -0.496 e. The van der Waals surface area contributed by atoms with Crippen LogP contribution in [0.4, 0.5) is 0 Å². The van der Waals surface area contributed by atoms with Crippen LogP contribution < -0.4 is 15.7 Å². The van der Waals surface area contributed by atoms with E-state index in [9.17, 15) is 14.4 Å². The van der Waals surface area contributed by atoms with Crippen molar-refractivity contribution in [2.24, 2.45) is 4.99 Å². The lowest BCUT2D eigenvalue weighted by atomic mass is 10.3. The minimum atomic E-state index is -0.591. The molecule has 0 aliphatic carbocycles. The molecule has 0 fully saturated rings. The van der Waals surface area contributed by atoms with Crippen LogP contribution in [0, 0.1) is 0 Å². The average Bonchev–Trinajstić information content (AvgIpc) is 3.03. The molecule has 0 saturated carbocycles. The Morgan fingerprint density at radius 2 is 2.08 bits per heavy atom. The molecule has 24 heavy (non-hydrogen) atoms. The summed E-state index contributed by atoms with van der Waals surface area (Å²) in [7, 11) is 1.44. The summed E-state index contributed by atoms with van der Waals surface area (Å²) in [5, 5.41) is 2.98. The van der Waals surface area contributed by atoms with Crippen molar-refractivity contribution in [3.05, 3.63) is 28.3 Å². The SMILES string of the molecule is CCC.COc1cc(CNC(=O)C2CSC(C(C)=O)=N2)oc(=O)c1. The largest absolute Gasteiger partial charge is 0.496 e. The van der Waals surface area contributed by atoms with Gasteiger partial charge in [0.25, 0.3) is 0 Å². The molecule has 132 valence electrons. The molecule has 0 aromatic carbocycles. The maximum atomic E-state index is 11.9. The summed E-state index contributed by atoms with van der Waals surface area (Å²) in [6, 6.07) is 2.14. The first-order valence-electron chi connectivity index (χ1n) is 7.58. The summed E-state index contributed by atoms with van der Waals surface area (Å²) < 4.78 is 9.89. The van der Waals surface area contributed by atoms with Gasteiger partial charge in [0.15, 0.2) is 5.78 Å². The van der Waals surface area contributed by atoms with Gasteiger partial charge in [-0.25, -0.2) is 4.79 Å². The third-order valence-electron chi connectivity index (χ3n) is 2.72. The number of hydrogen-bond acceptors (Lipinski definition) is 7. The Hall–Kier alpha value is -2.09. The third-order valence-corrected chi connectivity index (χ3v) is 3.87. The quantitative estimate of drug-likeness (QED) is 0.865. The van der Waals surface area contributed by atoms with Crippen LogP contribution in [0.2, 0.25) is 0 Å². The van der Waals surface area contributed by atoms with Crippen molar-refractivity contribution in [3.8, 4) is 5.75 Å². The molecule has 1 amide bonds. The highest BCUT2D eigenvalue weighted by molar-refractivity contribution is 8.16. The van der Waals surface area contributed by atoms with Crippen LogP contribution >= 0.6 is 11.8 Å². The fourth-order valence-electron chi connectivity index (χ4n) is 1.70. The molecular weight excluding hydrogens is 332 g/mol. The molecule has 0 spiro atoms. The number of hydrogen-bond donors (Lipinski definition) is 1. The van der Waals surface area contributed by atoms with Gasteiger partial charge in [-0.1, -0.05) is 20.3 Å².